The van der Waals surface area contributed by atoms with Crippen LogP contribution in [0.25, 0.3) is 0 Å². The third-order valence-corrected chi connectivity index (χ3v) is 9.96. The molecule has 1 atom stereocenters. The van der Waals surface area contributed by atoms with Gasteiger partial charge in [0.1, 0.15) is 13.2 Å². The average Bonchev–Trinajstić information content (AvgIpc) is 3.27. The first-order valence-electron chi connectivity index (χ1n) is 24.7. The summed E-state index contributed by atoms with van der Waals surface area (Å²) in [5.74, 6) is -0.987. The zero-order chi connectivity index (χ0) is 45.1. The molecule has 0 fully saturated rings. The van der Waals surface area contributed by atoms with Crippen molar-refractivity contribution in [2.75, 3.05) is 13.2 Å². The first-order chi connectivity index (χ1) is 30.5. The van der Waals surface area contributed by atoms with Gasteiger partial charge in [-0.15, -0.1) is 0 Å². The summed E-state index contributed by atoms with van der Waals surface area (Å²) >= 11 is 0. The Bertz CT molecular complexity index is 1350. The molecule has 0 rings (SSSR count). The number of esters is 3. The van der Waals surface area contributed by atoms with Gasteiger partial charge in [0.2, 0.25) is 0 Å². The Morgan fingerprint density at radius 2 is 0.629 bits per heavy atom. The fourth-order valence-corrected chi connectivity index (χ4v) is 6.25. The van der Waals surface area contributed by atoms with Crippen LogP contribution in [0, 0.1) is 0 Å². The summed E-state index contributed by atoms with van der Waals surface area (Å²) in [6, 6.07) is 0. The lowest BCUT2D eigenvalue weighted by Crippen LogP contribution is -2.30. The molecule has 0 amide bonds. The molecule has 0 aromatic rings. The highest BCUT2D eigenvalue weighted by Crippen LogP contribution is 2.13. The van der Waals surface area contributed by atoms with Crippen molar-refractivity contribution < 1.29 is 28.6 Å². The number of carbonyl (C=O) groups excluding carboxylic acids is 3. The SMILES string of the molecule is CC\C=C/C=C\C=C/C=C\C=C\C=C/CCCCCC(=O)OC(COC(=O)CCCCCCC\C=C/C=C\C=C/C=C\CCCCC)COC(=O)CCCCCCCCCCC. The number of unbranched alkanes of at least 4 members (excludes halogenated alkanes) is 19. The van der Waals surface area contributed by atoms with E-state index in [4.69, 9.17) is 14.2 Å². The van der Waals surface area contributed by atoms with Crippen LogP contribution in [0.3, 0.4) is 0 Å². The van der Waals surface area contributed by atoms with E-state index in [1.165, 1.54) is 57.8 Å². The predicted molar refractivity (Wildman–Crippen MR) is 265 cm³/mol. The second-order valence-electron chi connectivity index (χ2n) is 15.9. The van der Waals surface area contributed by atoms with Crippen molar-refractivity contribution >= 4 is 17.9 Å². The highest BCUT2D eigenvalue weighted by molar-refractivity contribution is 5.71. The van der Waals surface area contributed by atoms with E-state index in [0.29, 0.717) is 19.3 Å². The van der Waals surface area contributed by atoms with Crippen LogP contribution >= 0.6 is 0 Å². The summed E-state index contributed by atoms with van der Waals surface area (Å²) in [6.07, 6.45) is 67.4. The molecule has 6 heteroatoms. The van der Waals surface area contributed by atoms with Crippen LogP contribution in [-0.2, 0) is 28.6 Å². The summed E-state index contributed by atoms with van der Waals surface area (Å²) in [5, 5.41) is 0. The molecule has 0 bridgehead atoms. The zero-order valence-corrected chi connectivity index (χ0v) is 39.6. The lowest BCUT2D eigenvalue weighted by molar-refractivity contribution is -0.167. The number of allylic oxidation sites excluding steroid dienone is 20. The van der Waals surface area contributed by atoms with Crippen LogP contribution in [-0.4, -0.2) is 37.2 Å². The molecule has 0 aliphatic heterocycles. The van der Waals surface area contributed by atoms with Crippen molar-refractivity contribution in [3.8, 4) is 0 Å². The Labute approximate surface area is 380 Å². The molecular formula is C56H88O6. The van der Waals surface area contributed by atoms with Crippen LogP contribution in [0.4, 0.5) is 0 Å². The predicted octanol–water partition coefficient (Wildman–Crippen LogP) is 16.1. The molecule has 0 saturated heterocycles. The van der Waals surface area contributed by atoms with Gasteiger partial charge in [-0.05, 0) is 64.2 Å². The van der Waals surface area contributed by atoms with Crippen LogP contribution in [0.2, 0.25) is 0 Å². The zero-order valence-electron chi connectivity index (χ0n) is 39.6. The van der Waals surface area contributed by atoms with Crippen LogP contribution in [0.1, 0.15) is 194 Å². The van der Waals surface area contributed by atoms with Crippen molar-refractivity contribution in [3.63, 3.8) is 0 Å². The molecule has 0 heterocycles. The van der Waals surface area contributed by atoms with Gasteiger partial charge in [-0.2, -0.15) is 0 Å². The summed E-state index contributed by atoms with van der Waals surface area (Å²) in [5.41, 5.74) is 0. The van der Waals surface area contributed by atoms with E-state index in [0.717, 1.165) is 89.9 Å². The molecule has 0 spiro atoms. The molecular weight excluding hydrogens is 769 g/mol. The Kier molecular flexibility index (Phi) is 46.1. The number of carbonyl (C=O) groups is 3. The molecule has 0 N–H and O–H groups in total. The van der Waals surface area contributed by atoms with Crippen molar-refractivity contribution in [2.24, 2.45) is 0 Å². The second kappa shape index (κ2) is 49.5. The van der Waals surface area contributed by atoms with E-state index >= 15 is 0 Å². The van der Waals surface area contributed by atoms with Crippen molar-refractivity contribution in [3.05, 3.63) is 122 Å². The van der Waals surface area contributed by atoms with Gasteiger partial charge in [-0.25, -0.2) is 0 Å². The standard InChI is InChI=1S/C56H88O6/c1-4-7-10-13-16-19-21-23-25-27-29-30-32-34-37-40-43-46-49-55(58)61-52-53(51-60-54(57)48-45-42-39-36-18-15-12-9-6-3)62-56(59)50-47-44-41-38-35-33-31-28-26-24-22-20-17-14-11-8-5-2/h8,11,14,16-17,19-31,33,35,53H,4-7,9-10,12-13,15,18,32,34,36-52H2,1-3H3/b11-8-,17-14-,19-16-,22-20-,23-21-,26-24-,27-25-,30-29-,31-28+,35-33-. The summed E-state index contributed by atoms with van der Waals surface area (Å²) in [6.45, 7) is 6.35. The maximum Gasteiger partial charge on any atom is 0.306 e. The highest BCUT2D eigenvalue weighted by atomic mass is 16.6. The van der Waals surface area contributed by atoms with Crippen LogP contribution in [0.15, 0.2) is 122 Å². The third-order valence-electron chi connectivity index (χ3n) is 9.96. The van der Waals surface area contributed by atoms with E-state index in [1.807, 2.05) is 60.8 Å². The Balaban J connectivity index is 4.52. The molecule has 0 radical (unpaired) electrons. The lowest BCUT2D eigenvalue weighted by atomic mass is 10.1. The second-order valence-corrected chi connectivity index (χ2v) is 15.9. The number of rotatable bonds is 42. The minimum atomic E-state index is -0.812. The quantitative estimate of drug-likeness (QED) is 0.0263. The van der Waals surface area contributed by atoms with E-state index in [-0.39, 0.29) is 37.5 Å². The fraction of sp³-hybridized carbons (Fsp3) is 0.589. The van der Waals surface area contributed by atoms with Crippen molar-refractivity contribution in [2.45, 2.75) is 200 Å². The van der Waals surface area contributed by atoms with Gasteiger partial charge in [-0.3, -0.25) is 14.4 Å². The molecule has 0 aliphatic rings. The fourth-order valence-electron chi connectivity index (χ4n) is 6.25. The summed E-state index contributed by atoms with van der Waals surface area (Å²) in [4.78, 5) is 37.8. The number of hydrogen-bond donors (Lipinski definition) is 0. The van der Waals surface area contributed by atoms with Gasteiger partial charge < -0.3 is 14.2 Å². The lowest BCUT2D eigenvalue weighted by Gasteiger charge is -2.18. The van der Waals surface area contributed by atoms with E-state index in [1.54, 1.807) is 0 Å². The molecule has 0 saturated carbocycles. The van der Waals surface area contributed by atoms with Gasteiger partial charge in [0.15, 0.2) is 6.10 Å². The van der Waals surface area contributed by atoms with Crippen molar-refractivity contribution in [1.29, 1.82) is 0 Å². The smallest absolute Gasteiger partial charge is 0.306 e. The maximum absolute atomic E-state index is 12.8. The normalized spacial score (nSPS) is 13.1. The summed E-state index contributed by atoms with van der Waals surface area (Å²) < 4.78 is 16.7. The Morgan fingerprint density at radius 1 is 0.339 bits per heavy atom. The van der Waals surface area contributed by atoms with Crippen LogP contribution < -0.4 is 0 Å². The molecule has 0 aromatic heterocycles. The van der Waals surface area contributed by atoms with E-state index < -0.39 is 6.10 Å². The highest BCUT2D eigenvalue weighted by Gasteiger charge is 2.19. The van der Waals surface area contributed by atoms with Gasteiger partial charge in [0.05, 0.1) is 0 Å². The first-order valence-corrected chi connectivity index (χ1v) is 24.7. The van der Waals surface area contributed by atoms with Gasteiger partial charge in [0.25, 0.3) is 0 Å². The molecule has 0 aromatic carbocycles. The average molecular weight is 857 g/mol. The Morgan fingerprint density at radius 3 is 1.03 bits per heavy atom. The molecule has 1 unspecified atom stereocenters. The largest absolute Gasteiger partial charge is 0.462 e. The molecule has 6 nitrogen and oxygen atoms in total. The topological polar surface area (TPSA) is 78.9 Å². The number of ether oxygens (including phenoxy) is 3. The summed E-state index contributed by atoms with van der Waals surface area (Å²) in [7, 11) is 0. The number of hydrogen-bond acceptors (Lipinski definition) is 6. The van der Waals surface area contributed by atoms with Crippen molar-refractivity contribution in [1.82, 2.24) is 0 Å². The minimum absolute atomic E-state index is 0.107. The van der Waals surface area contributed by atoms with E-state index in [9.17, 15) is 14.4 Å². The van der Waals surface area contributed by atoms with Gasteiger partial charge in [0, 0.05) is 19.3 Å². The van der Waals surface area contributed by atoms with Crippen LogP contribution in [0.5, 0.6) is 0 Å². The molecule has 62 heavy (non-hydrogen) atoms. The minimum Gasteiger partial charge on any atom is -0.462 e. The van der Waals surface area contributed by atoms with Gasteiger partial charge in [-0.1, -0.05) is 232 Å². The van der Waals surface area contributed by atoms with E-state index in [2.05, 4.69) is 81.5 Å². The third kappa shape index (κ3) is 46.9. The monoisotopic (exact) mass is 857 g/mol. The molecule has 0 aliphatic carbocycles. The first kappa shape index (κ1) is 57.8. The maximum atomic E-state index is 12.8. The Hall–Kier alpha value is -4.19. The van der Waals surface area contributed by atoms with Gasteiger partial charge >= 0.3 is 17.9 Å². The molecule has 348 valence electrons.